The van der Waals surface area contributed by atoms with Crippen molar-refractivity contribution >= 4 is 17.5 Å². The van der Waals surface area contributed by atoms with Crippen LogP contribution in [0, 0.1) is 11.3 Å². The molecule has 0 unspecified atom stereocenters. The van der Waals surface area contributed by atoms with Gasteiger partial charge in [0.15, 0.2) is 5.70 Å². The Bertz CT molecular complexity index is 522. The zero-order chi connectivity index (χ0) is 13.0. The second-order valence-electron chi connectivity index (χ2n) is 3.68. The predicted octanol–water partition coefficient (Wildman–Crippen LogP) is 0.955. The van der Waals surface area contributed by atoms with E-state index in [1.54, 1.807) is 24.3 Å². The molecule has 5 nitrogen and oxygen atoms in total. The predicted molar refractivity (Wildman–Crippen MR) is 67.6 cm³/mol. The number of carbonyl (C=O) groups is 1. The maximum atomic E-state index is 11.9. The number of amides is 1. The van der Waals surface area contributed by atoms with E-state index in [1.165, 1.54) is 0 Å². The van der Waals surface area contributed by atoms with E-state index in [9.17, 15) is 4.79 Å². The summed E-state index contributed by atoms with van der Waals surface area (Å²) in [5, 5.41) is 18.1. The minimum absolute atomic E-state index is 0.187. The molecule has 2 rings (SSSR count). The van der Waals surface area contributed by atoms with E-state index in [2.05, 4.69) is 16.0 Å². The van der Waals surface area contributed by atoms with Gasteiger partial charge in [0, 0.05) is 23.7 Å². The molecule has 6 heteroatoms. The summed E-state index contributed by atoms with van der Waals surface area (Å²) in [6, 6.07) is 8.41. The zero-order valence-electron chi connectivity index (χ0n) is 9.46. The Morgan fingerprint density at radius 3 is 2.44 bits per heavy atom. The molecule has 0 spiro atoms. The third-order valence-electron chi connectivity index (χ3n) is 2.44. The molecule has 1 aliphatic rings. The van der Waals surface area contributed by atoms with Crippen molar-refractivity contribution in [1.29, 1.82) is 5.26 Å². The average Bonchev–Trinajstić information content (AvgIpc) is 2.90. The summed E-state index contributed by atoms with van der Waals surface area (Å²) < 4.78 is 0. The first-order valence-electron chi connectivity index (χ1n) is 5.40. The lowest BCUT2D eigenvalue weighted by atomic mass is 10.2. The number of rotatable bonds is 2. The van der Waals surface area contributed by atoms with Crippen molar-refractivity contribution in [1.82, 2.24) is 16.0 Å². The van der Waals surface area contributed by atoms with Crippen molar-refractivity contribution in [3.05, 3.63) is 46.4 Å². The third-order valence-corrected chi connectivity index (χ3v) is 2.69. The largest absolute Gasteiger partial charge is 0.368 e. The highest BCUT2D eigenvalue weighted by Crippen LogP contribution is 2.10. The molecule has 1 aromatic carbocycles. The van der Waals surface area contributed by atoms with Gasteiger partial charge in [0.2, 0.25) is 0 Å². The minimum atomic E-state index is -0.341. The summed E-state index contributed by atoms with van der Waals surface area (Å²) in [5.74, 6) is 0.214. The molecule has 0 saturated carbocycles. The van der Waals surface area contributed by atoms with Crippen molar-refractivity contribution in [2.75, 3.05) is 13.1 Å². The van der Waals surface area contributed by atoms with Crippen LogP contribution in [0.1, 0.15) is 10.4 Å². The smallest absolute Gasteiger partial charge is 0.256 e. The molecule has 0 aliphatic carbocycles. The van der Waals surface area contributed by atoms with Gasteiger partial charge in [0.25, 0.3) is 5.91 Å². The fourth-order valence-electron chi connectivity index (χ4n) is 1.55. The van der Waals surface area contributed by atoms with Crippen LogP contribution in [0.4, 0.5) is 0 Å². The van der Waals surface area contributed by atoms with Gasteiger partial charge in [-0.15, -0.1) is 0 Å². The lowest BCUT2D eigenvalue weighted by molar-refractivity contribution is 0.0967. The minimum Gasteiger partial charge on any atom is -0.368 e. The van der Waals surface area contributed by atoms with Gasteiger partial charge in [-0.3, -0.25) is 4.79 Å². The van der Waals surface area contributed by atoms with Gasteiger partial charge < -0.3 is 16.0 Å². The van der Waals surface area contributed by atoms with E-state index < -0.39 is 0 Å². The van der Waals surface area contributed by atoms with Crippen molar-refractivity contribution < 1.29 is 4.79 Å². The van der Waals surface area contributed by atoms with Gasteiger partial charge in [-0.05, 0) is 24.3 Å². The molecule has 3 N–H and O–H groups in total. The van der Waals surface area contributed by atoms with Crippen LogP contribution in [0.2, 0.25) is 5.02 Å². The summed E-state index contributed by atoms with van der Waals surface area (Å²) >= 11 is 5.74. The van der Waals surface area contributed by atoms with Crippen LogP contribution in [0.5, 0.6) is 0 Å². The molecule has 0 aromatic heterocycles. The quantitative estimate of drug-likeness (QED) is 0.694. The fourth-order valence-corrected chi connectivity index (χ4v) is 1.67. The van der Waals surface area contributed by atoms with E-state index >= 15 is 0 Å². The molecule has 18 heavy (non-hydrogen) atoms. The molecular formula is C12H11ClN4O. The van der Waals surface area contributed by atoms with Crippen LogP contribution in [0.25, 0.3) is 0 Å². The first kappa shape index (κ1) is 12.3. The molecular weight excluding hydrogens is 252 g/mol. The van der Waals surface area contributed by atoms with E-state index in [1.807, 2.05) is 6.07 Å². The van der Waals surface area contributed by atoms with Gasteiger partial charge in [-0.1, -0.05) is 11.6 Å². The first-order chi connectivity index (χ1) is 8.70. The molecule has 0 bridgehead atoms. The van der Waals surface area contributed by atoms with E-state index in [4.69, 9.17) is 16.9 Å². The summed E-state index contributed by atoms with van der Waals surface area (Å²) in [6.07, 6.45) is 0. The van der Waals surface area contributed by atoms with Crippen molar-refractivity contribution in [3.8, 4) is 6.07 Å². The summed E-state index contributed by atoms with van der Waals surface area (Å²) in [7, 11) is 0. The highest BCUT2D eigenvalue weighted by Gasteiger charge is 2.14. The third kappa shape index (κ3) is 2.73. The number of hydrogen-bond acceptors (Lipinski definition) is 4. The molecule has 1 fully saturated rings. The molecule has 1 aliphatic heterocycles. The first-order valence-corrected chi connectivity index (χ1v) is 5.77. The van der Waals surface area contributed by atoms with Crippen molar-refractivity contribution in [2.45, 2.75) is 0 Å². The Balaban J connectivity index is 2.13. The average molecular weight is 263 g/mol. The molecule has 1 aromatic rings. The number of nitriles is 1. The standard InChI is InChI=1S/C12H11ClN4O/c13-9-3-1-8(2-4-9)12(18)17-10(7-14)11-15-5-6-16-11/h1-4,15-16H,5-6H2,(H,17,18). The van der Waals surface area contributed by atoms with Crippen molar-refractivity contribution in [3.63, 3.8) is 0 Å². The number of carbonyl (C=O) groups excluding carboxylic acids is 1. The van der Waals surface area contributed by atoms with Crippen molar-refractivity contribution in [2.24, 2.45) is 0 Å². The number of allylic oxidation sites excluding steroid dienone is 1. The number of nitrogens with zero attached hydrogens (tertiary/aromatic N) is 1. The van der Waals surface area contributed by atoms with Gasteiger partial charge in [0.1, 0.15) is 11.9 Å². The number of benzene rings is 1. The maximum Gasteiger partial charge on any atom is 0.256 e. The lowest BCUT2D eigenvalue weighted by Gasteiger charge is -2.07. The Kier molecular flexibility index (Phi) is 3.70. The van der Waals surface area contributed by atoms with Crippen LogP contribution in [0.3, 0.4) is 0 Å². The van der Waals surface area contributed by atoms with Crippen LogP contribution in [-0.4, -0.2) is 19.0 Å². The highest BCUT2D eigenvalue weighted by atomic mass is 35.5. The van der Waals surface area contributed by atoms with E-state index in [0.717, 1.165) is 13.1 Å². The van der Waals surface area contributed by atoms with Gasteiger partial charge in [-0.25, -0.2) is 0 Å². The normalized spacial score (nSPS) is 13.2. The molecule has 0 radical (unpaired) electrons. The highest BCUT2D eigenvalue weighted by molar-refractivity contribution is 6.30. The van der Waals surface area contributed by atoms with Crippen LogP contribution in [-0.2, 0) is 0 Å². The molecule has 1 heterocycles. The molecule has 0 atom stereocenters. The second kappa shape index (κ2) is 5.43. The zero-order valence-corrected chi connectivity index (χ0v) is 10.2. The SMILES string of the molecule is N#CC(NC(=O)c1ccc(Cl)cc1)=C1NCCN1. The summed E-state index contributed by atoms with van der Waals surface area (Å²) in [6.45, 7) is 1.47. The number of halogens is 1. The van der Waals surface area contributed by atoms with Crippen LogP contribution in [0.15, 0.2) is 35.8 Å². The van der Waals surface area contributed by atoms with Gasteiger partial charge in [0.05, 0.1) is 0 Å². The second-order valence-corrected chi connectivity index (χ2v) is 4.11. The van der Waals surface area contributed by atoms with Gasteiger partial charge >= 0.3 is 0 Å². The van der Waals surface area contributed by atoms with Crippen LogP contribution >= 0.6 is 11.6 Å². The Morgan fingerprint density at radius 1 is 1.28 bits per heavy atom. The topological polar surface area (TPSA) is 77.0 Å². The Morgan fingerprint density at radius 2 is 1.89 bits per heavy atom. The summed E-state index contributed by atoms with van der Waals surface area (Å²) in [4.78, 5) is 11.9. The molecule has 92 valence electrons. The number of hydrogen-bond donors (Lipinski definition) is 3. The Labute approximate surface area is 109 Å². The Hall–Kier alpha value is -2.19. The van der Waals surface area contributed by atoms with Crippen LogP contribution < -0.4 is 16.0 Å². The fraction of sp³-hybridized carbons (Fsp3) is 0.167. The summed E-state index contributed by atoms with van der Waals surface area (Å²) in [5.41, 5.74) is 0.637. The maximum absolute atomic E-state index is 11.9. The molecule has 1 saturated heterocycles. The molecule has 1 amide bonds. The van der Waals surface area contributed by atoms with E-state index in [0.29, 0.717) is 16.4 Å². The monoisotopic (exact) mass is 262 g/mol. The van der Waals surface area contributed by atoms with E-state index in [-0.39, 0.29) is 11.6 Å². The lowest BCUT2D eigenvalue weighted by Crippen LogP contribution is -2.27. The number of nitrogens with one attached hydrogen (secondary N) is 3. The van der Waals surface area contributed by atoms with Gasteiger partial charge in [-0.2, -0.15) is 5.26 Å².